The molecule has 0 spiro atoms. The van der Waals surface area contributed by atoms with Gasteiger partial charge in [0.25, 0.3) is 0 Å². The van der Waals surface area contributed by atoms with Gasteiger partial charge in [-0.25, -0.2) is 4.98 Å². The van der Waals surface area contributed by atoms with E-state index in [4.69, 9.17) is 5.73 Å². The predicted octanol–water partition coefficient (Wildman–Crippen LogP) is 3.25. The van der Waals surface area contributed by atoms with E-state index in [2.05, 4.69) is 4.98 Å². The molecular weight excluding hydrogens is 279 g/mol. The molecular formula is C15H14F3N3. The summed E-state index contributed by atoms with van der Waals surface area (Å²) in [5.74, 6) is 0.332. The van der Waals surface area contributed by atoms with Gasteiger partial charge in [-0.1, -0.05) is 18.2 Å². The summed E-state index contributed by atoms with van der Waals surface area (Å²) in [6.07, 6.45) is -3.68. The minimum atomic E-state index is -4.43. The fourth-order valence-corrected chi connectivity index (χ4v) is 2.56. The van der Waals surface area contributed by atoms with Crippen molar-refractivity contribution in [1.82, 2.24) is 4.98 Å². The zero-order chi connectivity index (χ0) is 15.0. The summed E-state index contributed by atoms with van der Waals surface area (Å²) < 4.78 is 38.2. The number of hydrogen-bond donors (Lipinski definition) is 1. The molecule has 3 nitrogen and oxygen atoms in total. The standard InChI is InChI=1S/C15H14F3N3/c16-15(17,18)13-5-2-6-14(20-13)21-8-7-10-3-1-4-12(19)11(10)9-21/h1-6H,7-9,19H2. The molecule has 1 aromatic carbocycles. The number of halogens is 3. The van der Waals surface area contributed by atoms with Gasteiger partial charge in [0, 0.05) is 18.8 Å². The molecule has 0 amide bonds. The number of pyridine rings is 1. The number of nitrogen functional groups attached to an aromatic ring is 1. The molecule has 1 aliphatic rings. The van der Waals surface area contributed by atoms with Crippen molar-refractivity contribution >= 4 is 11.5 Å². The lowest BCUT2D eigenvalue weighted by molar-refractivity contribution is -0.141. The number of rotatable bonds is 1. The van der Waals surface area contributed by atoms with Crippen LogP contribution >= 0.6 is 0 Å². The maximum atomic E-state index is 12.7. The van der Waals surface area contributed by atoms with Crippen LogP contribution in [0.5, 0.6) is 0 Å². The molecule has 0 radical (unpaired) electrons. The highest BCUT2D eigenvalue weighted by Crippen LogP contribution is 2.31. The zero-order valence-corrected chi connectivity index (χ0v) is 11.2. The van der Waals surface area contributed by atoms with Crippen LogP contribution in [0.3, 0.4) is 0 Å². The van der Waals surface area contributed by atoms with Gasteiger partial charge in [-0.05, 0) is 35.7 Å². The summed E-state index contributed by atoms with van der Waals surface area (Å²) in [6, 6.07) is 9.67. The maximum Gasteiger partial charge on any atom is 0.433 e. The number of aromatic nitrogens is 1. The van der Waals surface area contributed by atoms with Gasteiger partial charge in [0.05, 0.1) is 0 Å². The molecule has 6 heteroatoms. The van der Waals surface area contributed by atoms with E-state index in [0.29, 0.717) is 24.6 Å². The second kappa shape index (κ2) is 4.95. The van der Waals surface area contributed by atoms with Crippen LogP contribution in [-0.4, -0.2) is 11.5 Å². The normalized spacial score (nSPS) is 14.9. The Morgan fingerprint density at radius 1 is 1.10 bits per heavy atom. The highest BCUT2D eigenvalue weighted by molar-refractivity contribution is 5.55. The molecule has 0 saturated carbocycles. The first-order valence-corrected chi connectivity index (χ1v) is 6.60. The van der Waals surface area contributed by atoms with E-state index in [9.17, 15) is 13.2 Å². The quantitative estimate of drug-likeness (QED) is 0.821. The average molecular weight is 293 g/mol. The molecule has 1 aromatic heterocycles. The van der Waals surface area contributed by atoms with Crippen LogP contribution in [0.2, 0.25) is 0 Å². The van der Waals surface area contributed by atoms with E-state index >= 15 is 0 Å². The molecule has 2 N–H and O–H groups in total. The Labute approximate surface area is 120 Å². The van der Waals surface area contributed by atoms with Crippen molar-refractivity contribution in [2.45, 2.75) is 19.1 Å². The molecule has 1 aliphatic heterocycles. The fraction of sp³-hybridized carbons (Fsp3) is 0.267. The van der Waals surface area contributed by atoms with Gasteiger partial charge in [-0.15, -0.1) is 0 Å². The summed E-state index contributed by atoms with van der Waals surface area (Å²) in [7, 11) is 0. The monoisotopic (exact) mass is 293 g/mol. The number of anilines is 2. The largest absolute Gasteiger partial charge is 0.433 e. The fourth-order valence-electron chi connectivity index (χ4n) is 2.56. The summed E-state index contributed by atoms with van der Waals surface area (Å²) in [4.78, 5) is 5.56. The molecule has 0 fully saturated rings. The average Bonchev–Trinajstić information content (AvgIpc) is 2.47. The molecule has 2 heterocycles. The van der Waals surface area contributed by atoms with Crippen molar-refractivity contribution in [3.8, 4) is 0 Å². The van der Waals surface area contributed by atoms with Crippen molar-refractivity contribution in [2.75, 3.05) is 17.2 Å². The number of nitrogens with zero attached hydrogens (tertiary/aromatic N) is 2. The summed E-state index contributed by atoms with van der Waals surface area (Å²) in [5.41, 5.74) is 7.88. The first-order chi connectivity index (χ1) is 9.95. The van der Waals surface area contributed by atoms with Crippen LogP contribution in [0.15, 0.2) is 36.4 Å². The highest BCUT2D eigenvalue weighted by atomic mass is 19.4. The SMILES string of the molecule is Nc1cccc2c1CN(c1cccc(C(F)(F)F)n1)CC2. The predicted molar refractivity (Wildman–Crippen MR) is 74.8 cm³/mol. The Morgan fingerprint density at radius 3 is 2.62 bits per heavy atom. The topological polar surface area (TPSA) is 42.1 Å². The summed E-state index contributed by atoms with van der Waals surface area (Å²) in [5, 5.41) is 0. The molecule has 0 saturated heterocycles. The van der Waals surface area contributed by atoms with E-state index in [-0.39, 0.29) is 0 Å². The van der Waals surface area contributed by atoms with Crippen LogP contribution in [0.4, 0.5) is 24.7 Å². The minimum absolute atomic E-state index is 0.332. The maximum absolute atomic E-state index is 12.7. The summed E-state index contributed by atoms with van der Waals surface area (Å²) in [6.45, 7) is 1.11. The second-order valence-electron chi connectivity index (χ2n) is 5.04. The Morgan fingerprint density at radius 2 is 1.86 bits per heavy atom. The Kier molecular flexibility index (Phi) is 3.23. The second-order valence-corrected chi connectivity index (χ2v) is 5.04. The third-order valence-electron chi connectivity index (χ3n) is 3.66. The molecule has 0 aliphatic carbocycles. The molecule has 2 aromatic rings. The minimum Gasteiger partial charge on any atom is -0.398 e. The molecule has 0 unspecified atom stereocenters. The van der Waals surface area contributed by atoms with Crippen LogP contribution in [0, 0.1) is 0 Å². The van der Waals surface area contributed by atoms with Crippen molar-refractivity contribution in [3.63, 3.8) is 0 Å². The smallest absolute Gasteiger partial charge is 0.398 e. The first-order valence-electron chi connectivity index (χ1n) is 6.60. The van der Waals surface area contributed by atoms with Crippen LogP contribution in [-0.2, 0) is 19.1 Å². The lowest BCUT2D eigenvalue weighted by Gasteiger charge is -2.30. The van der Waals surface area contributed by atoms with E-state index in [1.807, 2.05) is 23.1 Å². The van der Waals surface area contributed by atoms with Gasteiger partial charge in [-0.2, -0.15) is 13.2 Å². The number of fused-ring (bicyclic) bond motifs is 1. The molecule has 0 atom stereocenters. The highest BCUT2D eigenvalue weighted by Gasteiger charge is 2.33. The van der Waals surface area contributed by atoms with Crippen molar-refractivity contribution < 1.29 is 13.2 Å². The van der Waals surface area contributed by atoms with Gasteiger partial charge in [0.2, 0.25) is 0 Å². The Bertz CT molecular complexity index is 667. The van der Waals surface area contributed by atoms with E-state index in [0.717, 1.165) is 23.6 Å². The van der Waals surface area contributed by atoms with Gasteiger partial charge >= 0.3 is 6.18 Å². The van der Waals surface area contributed by atoms with Crippen LogP contribution in [0.1, 0.15) is 16.8 Å². The van der Waals surface area contributed by atoms with E-state index < -0.39 is 11.9 Å². The van der Waals surface area contributed by atoms with E-state index in [1.54, 1.807) is 6.07 Å². The van der Waals surface area contributed by atoms with Gasteiger partial charge in [0.15, 0.2) is 0 Å². The summed E-state index contributed by atoms with van der Waals surface area (Å²) >= 11 is 0. The number of hydrogen-bond acceptors (Lipinski definition) is 3. The zero-order valence-electron chi connectivity index (χ0n) is 11.2. The third-order valence-corrected chi connectivity index (χ3v) is 3.66. The number of benzene rings is 1. The number of nitrogens with two attached hydrogens (primary N) is 1. The van der Waals surface area contributed by atoms with Crippen LogP contribution < -0.4 is 10.6 Å². The lowest BCUT2D eigenvalue weighted by Crippen LogP contribution is -2.32. The molecule has 110 valence electrons. The molecule has 0 bridgehead atoms. The van der Waals surface area contributed by atoms with Crippen molar-refractivity contribution in [1.29, 1.82) is 0 Å². The Hall–Kier alpha value is -2.24. The van der Waals surface area contributed by atoms with Crippen molar-refractivity contribution in [3.05, 3.63) is 53.2 Å². The first kappa shape index (κ1) is 13.7. The van der Waals surface area contributed by atoms with Crippen LogP contribution in [0.25, 0.3) is 0 Å². The number of alkyl halides is 3. The van der Waals surface area contributed by atoms with Gasteiger partial charge in [0.1, 0.15) is 11.5 Å². The third kappa shape index (κ3) is 2.66. The van der Waals surface area contributed by atoms with Gasteiger partial charge in [-0.3, -0.25) is 0 Å². The molecule has 21 heavy (non-hydrogen) atoms. The van der Waals surface area contributed by atoms with E-state index in [1.165, 1.54) is 6.07 Å². The lowest BCUT2D eigenvalue weighted by atomic mass is 9.98. The van der Waals surface area contributed by atoms with Crippen molar-refractivity contribution in [2.24, 2.45) is 0 Å². The van der Waals surface area contributed by atoms with Gasteiger partial charge < -0.3 is 10.6 Å². The Balaban J connectivity index is 1.91. The molecule has 3 rings (SSSR count).